The average molecular weight is 391 g/mol. The summed E-state index contributed by atoms with van der Waals surface area (Å²) in [7, 11) is 0. The highest BCUT2D eigenvalue weighted by Crippen LogP contribution is 2.30. The summed E-state index contributed by atoms with van der Waals surface area (Å²) >= 11 is 0. The summed E-state index contributed by atoms with van der Waals surface area (Å²) in [5, 5.41) is 1.53. The minimum atomic E-state index is -0.436. The van der Waals surface area contributed by atoms with Crippen molar-refractivity contribution in [1.29, 1.82) is 0 Å². The van der Waals surface area contributed by atoms with Crippen molar-refractivity contribution in [2.75, 3.05) is 6.54 Å². The van der Waals surface area contributed by atoms with Crippen LogP contribution in [0.3, 0.4) is 0 Å². The van der Waals surface area contributed by atoms with Crippen molar-refractivity contribution in [2.24, 2.45) is 0 Å². The third-order valence-corrected chi connectivity index (χ3v) is 4.93. The van der Waals surface area contributed by atoms with E-state index in [1.807, 2.05) is 12.1 Å². The first kappa shape index (κ1) is 18.8. The van der Waals surface area contributed by atoms with Crippen LogP contribution in [0.25, 0.3) is 10.8 Å². The number of esters is 1. The normalized spacial score (nSPS) is 13.1. The maximum Gasteiger partial charge on any atom is 0.306 e. The van der Waals surface area contributed by atoms with Crippen molar-refractivity contribution in [3.05, 3.63) is 83.2 Å². The van der Waals surface area contributed by atoms with E-state index < -0.39 is 5.97 Å². The number of nitrogens with zero attached hydrogens (tertiary/aromatic N) is 1. The number of rotatable bonds is 6. The highest BCUT2D eigenvalue weighted by atomic mass is 19.1. The molecule has 0 aliphatic carbocycles. The predicted octanol–water partition coefficient (Wildman–Crippen LogP) is 4.10. The summed E-state index contributed by atoms with van der Waals surface area (Å²) < 4.78 is 18.1. The van der Waals surface area contributed by atoms with E-state index in [9.17, 15) is 18.8 Å². The predicted molar refractivity (Wildman–Crippen MR) is 105 cm³/mol. The standard InChI is InChI=1S/C23H18FNO4/c24-17-11-9-15(10-12-17)14-29-20(26)8-3-13-25-22(27)18-6-1-4-16-5-2-7-19(21(16)18)23(25)28/h1-2,4-7,9-12H,3,8,13-14H2. The van der Waals surface area contributed by atoms with Gasteiger partial charge in [-0.2, -0.15) is 0 Å². The van der Waals surface area contributed by atoms with Crippen molar-refractivity contribution in [3.63, 3.8) is 0 Å². The maximum absolute atomic E-state index is 12.9. The molecule has 0 saturated carbocycles. The van der Waals surface area contributed by atoms with Crippen molar-refractivity contribution in [3.8, 4) is 0 Å². The van der Waals surface area contributed by atoms with E-state index in [4.69, 9.17) is 4.74 Å². The Hall–Kier alpha value is -3.54. The van der Waals surface area contributed by atoms with Crippen LogP contribution in [0.15, 0.2) is 60.7 Å². The van der Waals surface area contributed by atoms with E-state index in [0.717, 1.165) is 5.39 Å². The Kier molecular flexibility index (Phi) is 5.08. The highest BCUT2D eigenvalue weighted by molar-refractivity contribution is 6.25. The van der Waals surface area contributed by atoms with Gasteiger partial charge in [-0.1, -0.05) is 36.4 Å². The van der Waals surface area contributed by atoms with Gasteiger partial charge in [0, 0.05) is 29.5 Å². The molecule has 1 aliphatic rings. The number of hydrogen-bond acceptors (Lipinski definition) is 4. The fourth-order valence-electron chi connectivity index (χ4n) is 3.48. The molecule has 0 bridgehead atoms. The Morgan fingerprint density at radius 1 is 0.897 bits per heavy atom. The zero-order valence-electron chi connectivity index (χ0n) is 15.6. The lowest BCUT2D eigenvalue weighted by Gasteiger charge is -2.27. The smallest absolute Gasteiger partial charge is 0.306 e. The summed E-state index contributed by atoms with van der Waals surface area (Å²) in [5.74, 6) is -1.49. The van der Waals surface area contributed by atoms with Gasteiger partial charge in [0.05, 0.1) is 0 Å². The SMILES string of the molecule is O=C(CCCN1C(=O)c2cccc3cccc(c23)C1=O)OCc1ccc(F)cc1. The van der Waals surface area contributed by atoms with Gasteiger partial charge in [0.25, 0.3) is 11.8 Å². The van der Waals surface area contributed by atoms with Crippen LogP contribution in [0.2, 0.25) is 0 Å². The second-order valence-corrected chi connectivity index (χ2v) is 6.86. The molecule has 0 fully saturated rings. The first-order valence-corrected chi connectivity index (χ1v) is 9.32. The Balaban J connectivity index is 1.36. The average Bonchev–Trinajstić information content (AvgIpc) is 2.74. The van der Waals surface area contributed by atoms with E-state index in [0.29, 0.717) is 28.5 Å². The van der Waals surface area contributed by atoms with Crippen LogP contribution < -0.4 is 0 Å². The second kappa shape index (κ2) is 7.83. The summed E-state index contributed by atoms with van der Waals surface area (Å²) in [4.78, 5) is 38.7. The van der Waals surface area contributed by atoms with Gasteiger partial charge in [0.15, 0.2) is 0 Å². The molecule has 0 aromatic heterocycles. The molecular weight excluding hydrogens is 373 g/mol. The zero-order valence-corrected chi connectivity index (χ0v) is 15.6. The molecule has 29 heavy (non-hydrogen) atoms. The number of ether oxygens (including phenoxy) is 1. The van der Waals surface area contributed by atoms with Crippen molar-refractivity contribution in [2.45, 2.75) is 19.4 Å². The molecule has 3 aromatic rings. The number of carbonyl (C=O) groups excluding carboxylic acids is 3. The number of halogens is 1. The first-order valence-electron chi connectivity index (χ1n) is 9.32. The van der Waals surface area contributed by atoms with Crippen LogP contribution in [-0.2, 0) is 16.1 Å². The number of carbonyl (C=O) groups is 3. The summed E-state index contributed by atoms with van der Waals surface area (Å²) in [6.45, 7) is 0.185. The fourth-order valence-corrected chi connectivity index (χ4v) is 3.48. The molecule has 0 radical (unpaired) electrons. The first-order chi connectivity index (χ1) is 14.0. The van der Waals surface area contributed by atoms with Gasteiger partial charge in [-0.3, -0.25) is 19.3 Å². The lowest BCUT2D eigenvalue weighted by Crippen LogP contribution is -2.41. The van der Waals surface area contributed by atoms with E-state index in [1.165, 1.54) is 17.0 Å². The molecule has 5 nitrogen and oxygen atoms in total. The lowest BCUT2D eigenvalue weighted by atomic mass is 9.94. The zero-order chi connectivity index (χ0) is 20.4. The van der Waals surface area contributed by atoms with Crippen LogP contribution in [0.1, 0.15) is 39.1 Å². The molecule has 0 spiro atoms. The number of benzene rings is 3. The molecule has 1 aliphatic heterocycles. The van der Waals surface area contributed by atoms with E-state index in [2.05, 4.69) is 0 Å². The van der Waals surface area contributed by atoms with Gasteiger partial charge in [0.2, 0.25) is 0 Å². The van der Waals surface area contributed by atoms with Crippen molar-refractivity contribution in [1.82, 2.24) is 4.90 Å². The molecule has 0 atom stereocenters. The molecule has 1 heterocycles. The van der Waals surface area contributed by atoms with E-state index >= 15 is 0 Å². The van der Waals surface area contributed by atoms with Gasteiger partial charge in [0.1, 0.15) is 12.4 Å². The Bertz CT molecular complexity index is 1060. The largest absolute Gasteiger partial charge is 0.461 e. The van der Waals surface area contributed by atoms with Gasteiger partial charge in [-0.05, 0) is 41.6 Å². The van der Waals surface area contributed by atoms with Crippen molar-refractivity contribution >= 4 is 28.6 Å². The monoisotopic (exact) mass is 391 g/mol. The Morgan fingerprint density at radius 3 is 2.14 bits per heavy atom. The minimum absolute atomic E-state index is 0.0516. The van der Waals surface area contributed by atoms with E-state index in [-0.39, 0.29) is 37.2 Å². The van der Waals surface area contributed by atoms with Crippen LogP contribution in [0, 0.1) is 5.82 Å². The molecule has 0 N–H and O–H groups in total. The Morgan fingerprint density at radius 2 is 1.52 bits per heavy atom. The van der Waals surface area contributed by atoms with Gasteiger partial charge in [-0.25, -0.2) is 4.39 Å². The number of amides is 2. The van der Waals surface area contributed by atoms with Crippen LogP contribution in [-0.4, -0.2) is 29.2 Å². The van der Waals surface area contributed by atoms with Crippen LogP contribution in [0.5, 0.6) is 0 Å². The topological polar surface area (TPSA) is 63.7 Å². The van der Waals surface area contributed by atoms with Gasteiger partial charge >= 0.3 is 5.97 Å². The fraction of sp³-hybridized carbons (Fsp3) is 0.174. The number of imide groups is 1. The molecule has 2 amide bonds. The highest BCUT2D eigenvalue weighted by Gasteiger charge is 2.32. The minimum Gasteiger partial charge on any atom is -0.461 e. The van der Waals surface area contributed by atoms with Crippen LogP contribution >= 0.6 is 0 Å². The van der Waals surface area contributed by atoms with Gasteiger partial charge < -0.3 is 4.74 Å². The van der Waals surface area contributed by atoms with Gasteiger partial charge in [-0.15, -0.1) is 0 Å². The summed E-state index contributed by atoms with van der Waals surface area (Å²) in [5.41, 5.74) is 1.68. The third-order valence-electron chi connectivity index (χ3n) is 4.93. The van der Waals surface area contributed by atoms with Crippen molar-refractivity contribution < 1.29 is 23.5 Å². The maximum atomic E-state index is 12.9. The quantitative estimate of drug-likeness (QED) is 0.469. The summed E-state index contributed by atoms with van der Waals surface area (Å²) in [6.07, 6.45) is 0.377. The molecule has 146 valence electrons. The second-order valence-electron chi connectivity index (χ2n) is 6.86. The molecular formula is C23H18FNO4. The number of hydrogen-bond donors (Lipinski definition) is 0. The molecule has 6 heteroatoms. The Labute approximate surface area is 166 Å². The molecule has 0 saturated heterocycles. The van der Waals surface area contributed by atoms with Crippen LogP contribution in [0.4, 0.5) is 4.39 Å². The van der Waals surface area contributed by atoms with E-state index in [1.54, 1.807) is 36.4 Å². The molecule has 4 rings (SSSR count). The lowest BCUT2D eigenvalue weighted by molar-refractivity contribution is -0.145. The molecule has 3 aromatic carbocycles. The molecule has 0 unspecified atom stereocenters. The third kappa shape index (κ3) is 3.74. The summed E-state index contributed by atoms with van der Waals surface area (Å²) in [6, 6.07) is 16.4.